The Hall–Kier alpha value is -3.06. The van der Waals surface area contributed by atoms with Gasteiger partial charge < -0.3 is 4.74 Å². The van der Waals surface area contributed by atoms with Gasteiger partial charge in [-0.05, 0) is 34.9 Å². The number of rotatable bonds is 7. The molecule has 6 heteroatoms. The second-order valence-corrected chi connectivity index (χ2v) is 6.76. The van der Waals surface area contributed by atoms with E-state index in [4.69, 9.17) is 9.94 Å². The van der Waals surface area contributed by atoms with E-state index in [2.05, 4.69) is 4.90 Å². The molecule has 2 N–H and O–H groups in total. The molecule has 1 heterocycles. The van der Waals surface area contributed by atoms with Crippen LogP contribution in [-0.2, 0) is 16.1 Å². The minimum absolute atomic E-state index is 0.0441. The van der Waals surface area contributed by atoms with E-state index in [9.17, 15) is 9.59 Å². The van der Waals surface area contributed by atoms with Gasteiger partial charge >= 0.3 is 0 Å². The van der Waals surface area contributed by atoms with E-state index >= 15 is 0 Å². The molecule has 1 aliphatic rings. The van der Waals surface area contributed by atoms with Crippen LogP contribution in [0.4, 0.5) is 0 Å². The van der Waals surface area contributed by atoms with E-state index < -0.39 is 5.91 Å². The fraction of sp³-hybridized carbons (Fsp3) is 0.217. The lowest BCUT2D eigenvalue weighted by Gasteiger charge is -2.26. The highest BCUT2D eigenvalue weighted by Gasteiger charge is 2.11. The van der Waals surface area contributed by atoms with Gasteiger partial charge in [-0.1, -0.05) is 48.5 Å². The Morgan fingerprint density at radius 2 is 1.66 bits per heavy atom. The summed E-state index contributed by atoms with van der Waals surface area (Å²) in [5.41, 5.74) is 5.02. The van der Waals surface area contributed by atoms with Crippen LogP contribution in [0.3, 0.4) is 0 Å². The number of ketones is 1. The minimum Gasteiger partial charge on any atom is -0.379 e. The van der Waals surface area contributed by atoms with Crippen LogP contribution in [0.25, 0.3) is 12.2 Å². The highest BCUT2D eigenvalue weighted by atomic mass is 16.5. The first-order valence-electron chi connectivity index (χ1n) is 9.48. The molecule has 3 rings (SSSR count). The van der Waals surface area contributed by atoms with Crippen molar-refractivity contribution >= 4 is 23.8 Å². The molecule has 150 valence electrons. The number of hydrogen-bond acceptors (Lipinski definition) is 5. The second-order valence-electron chi connectivity index (χ2n) is 6.76. The molecule has 0 bridgehead atoms. The van der Waals surface area contributed by atoms with Gasteiger partial charge in [-0.2, -0.15) is 0 Å². The molecule has 0 atom stereocenters. The highest BCUT2D eigenvalue weighted by molar-refractivity contribution is 6.06. The van der Waals surface area contributed by atoms with E-state index in [-0.39, 0.29) is 5.78 Å². The monoisotopic (exact) mass is 392 g/mol. The van der Waals surface area contributed by atoms with Crippen molar-refractivity contribution in [1.29, 1.82) is 0 Å². The molecule has 0 aliphatic carbocycles. The number of nitrogens with zero attached hydrogens (tertiary/aromatic N) is 1. The van der Waals surface area contributed by atoms with Crippen LogP contribution in [-0.4, -0.2) is 48.1 Å². The number of nitrogens with one attached hydrogen (secondary N) is 1. The third-order valence-corrected chi connectivity index (χ3v) is 4.62. The predicted molar refractivity (Wildman–Crippen MR) is 111 cm³/mol. The summed E-state index contributed by atoms with van der Waals surface area (Å²) < 4.78 is 5.37. The fourth-order valence-electron chi connectivity index (χ4n) is 3.04. The quantitative estimate of drug-likeness (QED) is 0.328. The molecule has 2 aromatic carbocycles. The van der Waals surface area contributed by atoms with Crippen molar-refractivity contribution in [2.75, 3.05) is 26.3 Å². The smallest absolute Gasteiger partial charge is 0.267 e. The van der Waals surface area contributed by atoms with Crippen molar-refractivity contribution in [2.24, 2.45) is 0 Å². The van der Waals surface area contributed by atoms with Crippen molar-refractivity contribution in [3.63, 3.8) is 0 Å². The maximum atomic E-state index is 12.5. The van der Waals surface area contributed by atoms with Gasteiger partial charge in [0.2, 0.25) is 0 Å². The standard InChI is InChI=1S/C23H24N2O4/c26-22(10-8-18-4-6-19(7-5-18)9-11-23(27)24-28)21-3-1-2-20(16-21)17-25-12-14-29-15-13-25/h1-11,16,28H,12-15,17H2,(H,24,27)/b10-8+,11-9?. The van der Waals surface area contributed by atoms with Gasteiger partial charge in [0.05, 0.1) is 13.2 Å². The zero-order valence-corrected chi connectivity index (χ0v) is 16.1. The summed E-state index contributed by atoms with van der Waals surface area (Å²) in [6, 6.07) is 15.1. The van der Waals surface area contributed by atoms with E-state index in [1.54, 1.807) is 18.2 Å². The van der Waals surface area contributed by atoms with Crippen molar-refractivity contribution in [3.8, 4) is 0 Å². The molecule has 0 aromatic heterocycles. The minimum atomic E-state index is -0.588. The van der Waals surface area contributed by atoms with Crippen LogP contribution in [0.1, 0.15) is 27.0 Å². The number of benzene rings is 2. The van der Waals surface area contributed by atoms with Gasteiger partial charge in [-0.3, -0.25) is 19.7 Å². The highest BCUT2D eigenvalue weighted by Crippen LogP contribution is 2.13. The Balaban J connectivity index is 1.60. The molecule has 0 unspecified atom stereocenters. The molecule has 2 aromatic rings. The maximum Gasteiger partial charge on any atom is 0.267 e. The number of carbonyl (C=O) groups is 2. The van der Waals surface area contributed by atoms with Crippen molar-refractivity contribution < 1.29 is 19.5 Å². The average molecular weight is 392 g/mol. The number of carbonyl (C=O) groups excluding carboxylic acids is 2. The molecule has 29 heavy (non-hydrogen) atoms. The Bertz CT molecular complexity index is 897. The Morgan fingerprint density at radius 1 is 1.00 bits per heavy atom. The van der Waals surface area contributed by atoms with Crippen LogP contribution in [0.2, 0.25) is 0 Å². The molecule has 1 fully saturated rings. The lowest BCUT2D eigenvalue weighted by molar-refractivity contribution is -0.124. The van der Waals surface area contributed by atoms with Gasteiger partial charge in [0.1, 0.15) is 0 Å². The lowest BCUT2D eigenvalue weighted by atomic mass is 10.0. The molecule has 1 aliphatic heterocycles. The first-order valence-corrected chi connectivity index (χ1v) is 9.48. The van der Waals surface area contributed by atoms with Crippen molar-refractivity contribution in [2.45, 2.75) is 6.54 Å². The molecule has 0 radical (unpaired) electrons. The van der Waals surface area contributed by atoms with Gasteiger partial charge in [0.25, 0.3) is 5.91 Å². The zero-order chi connectivity index (χ0) is 20.5. The number of amides is 1. The largest absolute Gasteiger partial charge is 0.379 e. The zero-order valence-electron chi connectivity index (χ0n) is 16.1. The SMILES string of the molecule is O=C(C=Cc1ccc(/C=C/C(=O)c2cccc(CN3CCOCC3)c2)cc1)NO. The molecule has 6 nitrogen and oxygen atoms in total. The fourth-order valence-corrected chi connectivity index (χ4v) is 3.04. The van der Waals surface area contributed by atoms with Crippen LogP contribution in [0.5, 0.6) is 0 Å². The van der Waals surface area contributed by atoms with Gasteiger partial charge in [0, 0.05) is 31.3 Å². The topological polar surface area (TPSA) is 78.9 Å². The summed E-state index contributed by atoms with van der Waals surface area (Å²) in [4.78, 5) is 25.9. The summed E-state index contributed by atoms with van der Waals surface area (Å²) >= 11 is 0. The summed E-state index contributed by atoms with van der Waals surface area (Å²) in [6.07, 6.45) is 6.16. The summed E-state index contributed by atoms with van der Waals surface area (Å²) in [7, 11) is 0. The van der Waals surface area contributed by atoms with E-state index in [1.807, 2.05) is 48.5 Å². The van der Waals surface area contributed by atoms with Crippen LogP contribution >= 0.6 is 0 Å². The number of morpholine rings is 1. The van der Waals surface area contributed by atoms with Gasteiger partial charge in [0.15, 0.2) is 5.78 Å². The Kier molecular flexibility index (Phi) is 7.47. The summed E-state index contributed by atoms with van der Waals surface area (Å²) in [5.74, 6) is -0.632. The third-order valence-electron chi connectivity index (χ3n) is 4.62. The molecule has 0 spiro atoms. The Labute approximate surface area is 170 Å². The molecule has 1 amide bonds. The third kappa shape index (κ3) is 6.50. The average Bonchev–Trinajstić information content (AvgIpc) is 2.77. The van der Waals surface area contributed by atoms with Gasteiger partial charge in [-0.15, -0.1) is 0 Å². The van der Waals surface area contributed by atoms with Crippen molar-refractivity contribution in [1.82, 2.24) is 10.4 Å². The van der Waals surface area contributed by atoms with Crippen LogP contribution in [0, 0.1) is 0 Å². The molecule has 1 saturated heterocycles. The lowest BCUT2D eigenvalue weighted by Crippen LogP contribution is -2.35. The second kappa shape index (κ2) is 10.5. The Morgan fingerprint density at radius 3 is 2.31 bits per heavy atom. The van der Waals surface area contributed by atoms with E-state index in [1.165, 1.54) is 11.6 Å². The summed E-state index contributed by atoms with van der Waals surface area (Å²) in [5, 5.41) is 8.47. The first-order chi connectivity index (χ1) is 14.1. The number of ether oxygens (including phenoxy) is 1. The van der Waals surface area contributed by atoms with Crippen LogP contribution < -0.4 is 5.48 Å². The molecular weight excluding hydrogens is 368 g/mol. The number of allylic oxidation sites excluding steroid dienone is 1. The van der Waals surface area contributed by atoms with Crippen LogP contribution in [0.15, 0.2) is 60.7 Å². The number of hydrogen-bond donors (Lipinski definition) is 2. The molecule has 0 saturated carbocycles. The first kappa shape index (κ1) is 20.7. The summed E-state index contributed by atoms with van der Waals surface area (Å²) in [6.45, 7) is 4.15. The normalized spacial score (nSPS) is 15.1. The maximum absolute atomic E-state index is 12.5. The molecular formula is C23H24N2O4. The predicted octanol–water partition coefficient (Wildman–Crippen LogP) is 2.93. The van der Waals surface area contributed by atoms with Crippen molar-refractivity contribution in [3.05, 3.63) is 82.9 Å². The van der Waals surface area contributed by atoms with E-state index in [0.29, 0.717) is 5.56 Å². The van der Waals surface area contributed by atoms with Gasteiger partial charge in [-0.25, -0.2) is 5.48 Å². The number of hydroxylamine groups is 1. The van der Waals surface area contributed by atoms with E-state index in [0.717, 1.165) is 49.5 Å².